The zero-order chi connectivity index (χ0) is 15.6. The van der Waals surface area contributed by atoms with Crippen LogP contribution in [0.15, 0.2) is 24.3 Å². The van der Waals surface area contributed by atoms with Gasteiger partial charge in [-0.05, 0) is 54.2 Å². The number of benzene rings is 2. The Kier molecular flexibility index (Phi) is 4.41. The SMILES string of the molecule is CCc1cc(CC)c(-c2cc(O)ccc2O)c(O)c1CC. The van der Waals surface area contributed by atoms with E-state index in [0.717, 1.165) is 36.0 Å². The number of aromatic hydroxyl groups is 3. The van der Waals surface area contributed by atoms with Crippen molar-refractivity contribution in [3.05, 3.63) is 41.0 Å². The Morgan fingerprint density at radius 2 is 1.48 bits per heavy atom. The molecule has 0 spiro atoms. The van der Waals surface area contributed by atoms with Crippen LogP contribution in [0.4, 0.5) is 0 Å². The summed E-state index contributed by atoms with van der Waals surface area (Å²) in [4.78, 5) is 0. The van der Waals surface area contributed by atoms with Gasteiger partial charge < -0.3 is 15.3 Å². The summed E-state index contributed by atoms with van der Waals surface area (Å²) in [6.07, 6.45) is 2.33. The fourth-order valence-corrected chi connectivity index (χ4v) is 2.84. The number of phenolic OH excluding ortho intramolecular Hbond substituents is 3. The van der Waals surface area contributed by atoms with Crippen LogP contribution in [0.3, 0.4) is 0 Å². The molecule has 0 aliphatic rings. The van der Waals surface area contributed by atoms with Gasteiger partial charge >= 0.3 is 0 Å². The number of aryl methyl sites for hydroxylation is 2. The minimum absolute atomic E-state index is 0.0594. The quantitative estimate of drug-likeness (QED) is 0.740. The lowest BCUT2D eigenvalue weighted by Crippen LogP contribution is -1.99. The maximum atomic E-state index is 10.7. The molecule has 2 aromatic carbocycles. The van der Waals surface area contributed by atoms with Gasteiger partial charge in [0, 0.05) is 11.1 Å². The van der Waals surface area contributed by atoms with Crippen molar-refractivity contribution in [2.45, 2.75) is 40.0 Å². The Balaban J connectivity index is 2.81. The lowest BCUT2D eigenvalue weighted by molar-refractivity contribution is 0.457. The fourth-order valence-electron chi connectivity index (χ4n) is 2.84. The van der Waals surface area contributed by atoms with Gasteiger partial charge in [-0.2, -0.15) is 0 Å². The van der Waals surface area contributed by atoms with E-state index in [9.17, 15) is 15.3 Å². The molecule has 0 amide bonds. The predicted molar refractivity (Wildman–Crippen MR) is 85.0 cm³/mol. The highest BCUT2D eigenvalue weighted by Gasteiger charge is 2.19. The zero-order valence-corrected chi connectivity index (χ0v) is 12.8. The molecule has 0 aromatic heterocycles. The van der Waals surface area contributed by atoms with Crippen LogP contribution in [0.25, 0.3) is 11.1 Å². The second-order valence-corrected chi connectivity index (χ2v) is 5.16. The summed E-state index contributed by atoms with van der Waals surface area (Å²) in [5.74, 6) is 0.348. The van der Waals surface area contributed by atoms with E-state index in [2.05, 4.69) is 13.0 Å². The molecule has 2 aromatic rings. The van der Waals surface area contributed by atoms with Gasteiger partial charge in [-0.3, -0.25) is 0 Å². The van der Waals surface area contributed by atoms with Crippen molar-refractivity contribution < 1.29 is 15.3 Å². The van der Waals surface area contributed by atoms with Gasteiger partial charge in [-0.1, -0.05) is 26.8 Å². The molecular weight excluding hydrogens is 264 g/mol. The van der Waals surface area contributed by atoms with Gasteiger partial charge in [0.15, 0.2) is 0 Å². The molecule has 3 N–H and O–H groups in total. The Hall–Kier alpha value is -2.16. The molecule has 0 aliphatic heterocycles. The van der Waals surface area contributed by atoms with Crippen LogP contribution in [0.5, 0.6) is 17.2 Å². The molecular formula is C18H22O3. The Labute approximate surface area is 125 Å². The predicted octanol–water partition coefficient (Wildman–Crippen LogP) is 4.16. The summed E-state index contributed by atoms with van der Waals surface area (Å²) in [5, 5.41) is 30.5. The molecule has 0 aliphatic carbocycles. The van der Waals surface area contributed by atoms with Crippen molar-refractivity contribution in [3.63, 3.8) is 0 Å². The number of hydrogen-bond acceptors (Lipinski definition) is 3. The average Bonchev–Trinajstić information content (AvgIpc) is 2.48. The van der Waals surface area contributed by atoms with Crippen molar-refractivity contribution >= 4 is 0 Å². The molecule has 0 saturated heterocycles. The summed E-state index contributed by atoms with van der Waals surface area (Å²) in [5.41, 5.74) is 4.12. The minimum atomic E-state index is 0.0594. The highest BCUT2D eigenvalue weighted by molar-refractivity contribution is 5.81. The Morgan fingerprint density at radius 1 is 0.810 bits per heavy atom. The first kappa shape index (κ1) is 15.2. The second-order valence-electron chi connectivity index (χ2n) is 5.16. The largest absolute Gasteiger partial charge is 0.508 e. The molecule has 2 rings (SSSR count). The smallest absolute Gasteiger partial charge is 0.127 e. The maximum Gasteiger partial charge on any atom is 0.127 e. The molecule has 0 heterocycles. The highest BCUT2D eigenvalue weighted by Crippen LogP contribution is 2.43. The van der Waals surface area contributed by atoms with Gasteiger partial charge in [0.25, 0.3) is 0 Å². The molecule has 0 saturated carbocycles. The molecule has 0 fully saturated rings. The lowest BCUT2D eigenvalue weighted by Gasteiger charge is -2.18. The third-order valence-corrected chi connectivity index (χ3v) is 3.94. The normalized spacial score (nSPS) is 10.8. The summed E-state index contributed by atoms with van der Waals surface area (Å²) in [6, 6.07) is 6.47. The van der Waals surface area contributed by atoms with Crippen molar-refractivity contribution in [2.75, 3.05) is 0 Å². The zero-order valence-electron chi connectivity index (χ0n) is 12.8. The van der Waals surface area contributed by atoms with Crippen LogP contribution >= 0.6 is 0 Å². The Morgan fingerprint density at radius 3 is 2.05 bits per heavy atom. The van der Waals surface area contributed by atoms with Gasteiger partial charge in [0.1, 0.15) is 17.2 Å². The van der Waals surface area contributed by atoms with Crippen LogP contribution in [0.2, 0.25) is 0 Å². The topological polar surface area (TPSA) is 60.7 Å². The third-order valence-electron chi connectivity index (χ3n) is 3.94. The summed E-state index contributed by atoms with van der Waals surface area (Å²) >= 11 is 0. The first-order valence-electron chi connectivity index (χ1n) is 7.42. The fraction of sp³-hybridized carbons (Fsp3) is 0.333. The van der Waals surface area contributed by atoms with E-state index in [0.29, 0.717) is 11.1 Å². The number of rotatable bonds is 4. The van der Waals surface area contributed by atoms with Gasteiger partial charge in [-0.15, -0.1) is 0 Å². The van der Waals surface area contributed by atoms with Crippen molar-refractivity contribution in [1.82, 2.24) is 0 Å². The van der Waals surface area contributed by atoms with E-state index in [1.165, 1.54) is 18.2 Å². The highest BCUT2D eigenvalue weighted by atomic mass is 16.3. The second kappa shape index (κ2) is 6.08. The molecule has 3 heteroatoms. The van der Waals surface area contributed by atoms with Gasteiger partial charge in [-0.25, -0.2) is 0 Å². The van der Waals surface area contributed by atoms with Gasteiger partial charge in [0.05, 0.1) is 0 Å². The van der Waals surface area contributed by atoms with E-state index < -0.39 is 0 Å². The van der Waals surface area contributed by atoms with Crippen LogP contribution < -0.4 is 0 Å². The van der Waals surface area contributed by atoms with Crippen LogP contribution in [-0.4, -0.2) is 15.3 Å². The summed E-state index contributed by atoms with van der Waals surface area (Å²) in [6.45, 7) is 6.09. The summed E-state index contributed by atoms with van der Waals surface area (Å²) < 4.78 is 0. The van der Waals surface area contributed by atoms with Gasteiger partial charge in [0.2, 0.25) is 0 Å². The van der Waals surface area contributed by atoms with E-state index in [-0.39, 0.29) is 17.2 Å². The van der Waals surface area contributed by atoms with E-state index in [4.69, 9.17) is 0 Å². The summed E-state index contributed by atoms with van der Waals surface area (Å²) in [7, 11) is 0. The molecule has 21 heavy (non-hydrogen) atoms. The van der Waals surface area contributed by atoms with E-state index >= 15 is 0 Å². The average molecular weight is 286 g/mol. The number of hydrogen-bond donors (Lipinski definition) is 3. The maximum absolute atomic E-state index is 10.7. The Bertz CT molecular complexity index is 660. The van der Waals surface area contributed by atoms with Crippen molar-refractivity contribution in [3.8, 4) is 28.4 Å². The third kappa shape index (κ3) is 2.68. The van der Waals surface area contributed by atoms with Crippen LogP contribution in [0, 0.1) is 0 Å². The standard InChI is InChI=1S/C18H22O3/c1-4-11-9-12(5-2)17(18(21)14(11)6-3)15-10-13(19)7-8-16(15)20/h7-10,19-21H,4-6H2,1-3H3. The molecule has 3 nitrogen and oxygen atoms in total. The minimum Gasteiger partial charge on any atom is -0.508 e. The van der Waals surface area contributed by atoms with Crippen molar-refractivity contribution in [1.29, 1.82) is 0 Å². The van der Waals surface area contributed by atoms with E-state index in [1.54, 1.807) is 0 Å². The molecule has 0 bridgehead atoms. The first-order chi connectivity index (χ1) is 10.0. The monoisotopic (exact) mass is 286 g/mol. The molecule has 112 valence electrons. The first-order valence-corrected chi connectivity index (χ1v) is 7.42. The molecule has 0 unspecified atom stereocenters. The molecule has 0 atom stereocenters. The van der Waals surface area contributed by atoms with E-state index in [1.807, 2.05) is 13.8 Å². The van der Waals surface area contributed by atoms with Crippen molar-refractivity contribution in [2.24, 2.45) is 0 Å². The van der Waals surface area contributed by atoms with Crippen LogP contribution in [0.1, 0.15) is 37.5 Å². The number of phenols is 3. The van der Waals surface area contributed by atoms with Crippen LogP contribution in [-0.2, 0) is 19.3 Å². The molecule has 0 radical (unpaired) electrons. The lowest BCUT2D eigenvalue weighted by atomic mass is 9.89.